The number of fused-ring (bicyclic) bond motifs is 1. The van der Waals surface area contributed by atoms with Gasteiger partial charge in [-0.1, -0.05) is 11.8 Å². The molecule has 0 radical (unpaired) electrons. The van der Waals surface area contributed by atoms with Crippen LogP contribution in [0.5, 0.6) is 0 Å². The van der Waals surface area contributed by atoms with Crippen LogP contribution in [0.25, 0.3) is 22.3 Å². The van der Waals surface area contributed by atoms with Crippen molar-refractivity contribution in [2.24, 2.45) is 0 Å². The number of nitrogens with two attached hydrogens (primary N) is 1. The minimum Gasteiger partial charge on any atom is -0.368 e. The van der Waals surface area contributed by atoms with Crippen molar-refractivity contribution in [3.8, 4) is 23.1 Å². The fourth-order valence-corrected chi connectivity index (χ4v) is 2.11. The minimum absolute atomic E-state index is 0.244. The molecule has 0 aliphatic heterocycles. The average molecular weight is 278 g/mol. The molecule has 0 saturated carbocycles. The summed E-state index contributed by atoms with van der Waals surface area (Å²) >= 11 is 0. The van der Waals surface area contributed by atoms with E-state index in [0.29, 0.717) is 6.54 Å². The fourth-order valence-electron chi connectivity index (χ4n) is 2.11. The number of H-pyrrole nitrogens is 1. The first kappa shape index (κ1) is 13.1. The van der Waals surface area contributed by atoms with Gasteiger partial charge >= 0.3 is 0 Å². The lowest BCUT2D eigenvalue weighted by Gasteiger charge is -2.01. The van der Waals surface area contributed by atoms with Crippen LogP contribution in [0.15, 0.2) is 30.7 Å². The molecule has 104 valence electrons. The molecule has 3 aromatic rings. The van der Waals surface area contributed by atoms with Crippen LogP contribution in [0.4, 0.5) is 5.95 Å². The summed E-state index contributed by atoms with van der Waals surface area (Å²) in [5.41, 5.74) is 9.01. The van der Waals surface area contributed by atoms with Crippen LogP contribution in [0, 0.1) is 11.8 Å². The van der Waals surface area contributed by atoms with Crippen molar-refractivity contribution in [1.82, 2.24) is 25.3 Å². The summed E-state index contributed by atoms with van der Waals surface area (Å²) in [6, 6.07) is 3.71. The van der Waals surface area contributed by atoms with Gasteiger partial charge in [0.25, 0.3) is 0 Å². The molecule has 0 atom stereocenters. The number of rotatable bonds is 2. The Balaban J connectivity index is 2.19. The van der Waals surface area contributed by atoms with Crippen molar-refractivity contribution in [3.05, 3.63) is 36.3 Å². The number of hydrogen-bond acceptors (Lipinski definition) is 5. The van der Waals surface area contributed by atoms with Crippen LogP contribution in [0.2, 0.25) is 0 Å². The normalized spacial score (nSPS) is 10.3. The molecule has 0 saturated heterocycles. The number of anilines is 1. The first-order chi connectivity index (χ1) is 10.3. The first-order valence-electron chi connectivity index (χ1n) is 6.48. The van der Waals surface area contributed by atoms with Gasteiger partial charge < -0.3 is 16.0 Å². The van der Waals surface area contributed by atoms with E-state index < -0.39 is 0 Å². The fraction of sp³-hybridized carbons (Fsp3) is 0.133. The molecule has 4 N–H and O–H groups in total. The monoisotopic (exact) mass is 278 g/mol. The second-order valence-electron chi connectivity index (χ2n) is 4.42. The molecular weight excluding hydrogens is 264 g/mol. The van der Waals surface area contributed by atoms with Gasteiger partial charge in [0.2, 0.25) is 5.95 Å². The first-order valence-corrected chi connectivity index (χ1v) is 6.48. The van der Waals surface area contributed by atoms with Gasteiger partial charge in [0.05, 0.1) is 12.2 Å². The Labute approximate surface area is 121 Å². The Morgan fingerprint density at radius 2 is 2.14 bits per heavy atom. The number of nitrogens with zero attached hydrogens (tertiary/aromatic N) is 3. The van der Waals surface area contributed by atoms with E-state index in [1.165, 1.54) is 0 Å². The zero-order valence-corrected chi connectivity index (χ0v) is 11.5. The van der Waals surface area contributed by atoms with Crippen molar-refractivity contribution >= 4 is 17.0 Å². The third-order valence-corrected chi connectivity index (χ3v) is 3.01. The van der Waals surface area contributed by atoms with Gasteiger partial charge in [-0.25, -0.2) is 15.0 Å². The largest absolute Gasteiger partial charge is 0.368 e. The van der Waals surface area contributed by atoms with Crippen LogP contribution in [0.1, 0.15) is 5.56 Å². The van der Waals surface area contributed by atoms with Crippen LogP contribution in [0.3, 0.4) is 0 Å². The maximum Gasteiger partial charge on any atom is 0.220 e. The molecule has 0 fully saturated rings. The maximum absolute atomic E-state index is 5.66. The Morgan fingerprint density at radius 3 is 2.95 bits per heavy atom. The second-order valence-corrected chi connectivity index (χ2v) is 4.42. The second kappa shape index (κ2) is 5.61. The van der Waals surface area contributed by atoms with Gasteiger partial charge in [-0.3, -0.25) is 0 Å². The Morgan fingerprint density at radius 1 is 1.29 bits per heavy atom. The van der Waals surface area contributed by atoms with Crippen molar-refractivity contribution in [2.75, 3.05) is 19.3 Å². The van der Waals surface area contributed by atoms with E-state index in [4.69, 9.17) is 5.73 Å². The Hall–Kier alpha value is -2.91. The molecule has 0 spiro atoms. The zero-order valence-electron chi connectivity index (χ0n) is 11.5. The Bertz CT molecular complexity index is 840. The summed E-state index contributed by atoms with van der Waals surface area (Å²) in [7, 11) is 1.86. The van der Waals surface area contributed by atoms with Gasteiger partial charge in [-0.15, -0.1) is 0 Å². The summed E-state index contributed by atoms with van der Waals surface area (Å²) in [5, 5.41) is 3.94. The number of pyridine rings is 1. The molecule has 21 heavy (non-hydrogen) atoms. The van der Waals surface area contributed by atoms with E-state index >= 15 is 0 Å². The number of nitrogens with one attached hydrogen (secondary N) is 2. The lowest BCUT2D eigenvalue weighted by Crippen LogP contribution is -2.04. The number of aromatic amines is 1. The quantitative estimate of drug-likeness (QED) is 0.612. The number of aromatic nitrogens is 4. The average Bonchev–Trinajstić information content (AvgIpc) is 2.92. The summed E-state index contributed by atoms with van der Waals surface area (Å²) in [5.74, 6) is 6.46. The van der Waals surface area contributed by atoms with Gasteiger partial charge in [-0.05, 0) is 19.2 Å². The summed E-state index contributed by atoms with van der Waals surface area (Å²) < 4.78 is 0. The number of nitrogen functional groups attached to an aromatic ring is 1. The lowest BCUT2D eigenvalue weighted by molar-refractivity contribution is 0.938. The highest BCUT2D eigenvalue weighted by Gasteiger charge is 2.11. The highest BCUT2D eigenvalue weighted by atomic mass is 15.0. The van der Waals surface area contributed by atoms with Crippen LogP contribution in [-0.4, -0.2) is 33.5 Å². The predicted molar refractivity (Wildman–Crippen MR) is 82.3 cm³/mol. The molecule has 3 rings (SSSR count). The van der Waals surface area contributed by atoms with Crippen molar-refractivity contribution in [1.29, 1.82) is 0 Å². The lowest BCUT2D eigenvalue weighted by atomic mass is 10.1. The third-order valence-electron chi connectivity index (χ3n) is 3.01. The maximum atomic E-state index is 5.66. The summed E-state index contributed by atoms with van der Waals surface area (Å²) in [6.45, 7) is 0.629. The van der Waals surface area contributed by atoms with Gasteiger partial charge in [0.15, 0.2) is 0 Å². The van der Waals surface area contributed by atoms with Crippen molar-refractivity contribution < 1.29 is 0 Å². The molecule has 0 unspecified atom stereocenters. The predicted octanol–water partition coefficient (Wildman–Crippen LogP) is 1.17. The van der Waals surface area contributed by atoms with E-state index in [1.807, 2.05) is 25.4 Å². The van der Waals surface area contributed by atoms with E-state index in [0.717, 1.165) is 27.9 Å². The molecule has 6 heteroatoms. The smallest absolute Gasteiger partial charge is 0.220 e. The SMILES string of the molecule is CNCC#Cc1ccnc2[nH]cc(-c3ccnc(N)n3)c12. The van der Waals surface area contributed by atoms with E-state index in [2.05, 4.69) is 37.1 Å². The zero-order chi connectivity index (χ0) is 14.7. The molecule has 0 amide bonds. The molecule has 0 aromatic carbocycles. The molecule has 6 nitrogen and oxygen atoms in total. The highest BCUT2D eigenvalue weighted by molar-refractivity contribution is 5.96. The standard InChI is InChI=1S/C15H14N6/c1-17-6-2-3-10-4-7-18-14-13(10)11(9-20-14)12-5-8-19-15(16)21-12/h4-5,7-9,17H,6H2,1H3,(H,18,20)(H2,16,19,21). The molecule has 0 aliphatic rings. The van der Waals surface area contributed by atoms with Crippen molar-refractivity contribution in [3.63, 3.8) is 0 Å². The summed E-state index contributed by atoms with van der Waals surface area (Å²) in [4.78, 5) is 15.6. The van der Waals surface area contributed by atoms with E-state index in [-0.39, 0.29) is 5.95 Å². The topological polar surface area (TPSA) is 92.5 Å². The third kappa shape index (κ3) is 2.55. The summed E-state index contributed by atoms with van der Waals surface area (Å²) in [6.07, 6.45) is 5.24. The van der Waals surface area contributed by atoms with Crippen molar-refractivity contribution in [2.45, 2.75) is 0 Å². The molecule has 3 aromatic heterocycles. The minimum atomic E-state index is 0.244. The van der Waals surface area contributed by atoms with E-state index in [1.54, 1.807) is 12.4 Å². The van der Waals surface area contributed by atoms with Crippen LogP contribution in [-0.2, 0) is 0 Å². The molecular formula is C15H14N6. The van der Waals surface area contributed by atoms with Crippen LogP contribution >= 0.6 is 0 Å². The number of hydrogen-bond donors (Lipinski definition) is 3. The van der Waals surface area contributed by atoms with Gasteiger partial charge in [-0.2, -0.15) is 0 Å². The van der Waals surface area contributed by atoms with Crippen LogP contribution < -0.4 is 11.1 Å². The molecule has 0 aliphatic carbocycles. The Kier molecular flexibility index (Phi) is 3.50. The van der Waals surface area contributed by atoms with Gasteiger partial charge in [0, 0.05) is 35.1 Å². The molecule has 3 heterocycles. The highest BCUT2D eigenvalue weighted by Crippen LogP contribution is 2.28. The van der Waals surface area contributed by atoms with Gasteiger partial charge in [0.1, 0.15) is 5.65 Å². The molecule has 0 bridgehead atoms. The van der Waals surface area contributed by atoms with E-state index in [9.17, 15) is 0 Å².